The summed E-state index contributed by atoms with van der Waals surface area (Å²) in [5, 5.41) is 0. The lowest BCUT2D eigenvalue weighted by Crippen LogP contribution is -2.54. The topological polar surface area (TPSA) is 80.3 Å². The first-order valence-corrected chi connectivity index (χ1v) is 18.7. The van der Waals surface area contributed by atoms with Gasteiger partial charge in [-0.3, -0.25) is 9.59 Å². The molecule has 0 bridgehead atoms. The molecular formula is C36H55BrO7. The van der Waals surface area contributed by atoms with Gasteiger partial charge in [-0.2, -0.15) is 0 Å². The molecule has 0 N–H and O–H groups in total. The van der Waals surface area contributed by atoms with E-state index in [9.17, 15) is 9.59 Å². The molecule has 4 aliphatic carbocycles. The monoisotopic (exact) mass is 678 g/mol. The number of alkyl halides is 1. The van der Waals surface area contributed by atoms with E-state index in [2.05, 4.69) is 64.4 Å². The number of hydrogen-bond donors (Lipinski definition) is 0. The summed E-state index contributed by atoms with van der Waals surface area (Å²) in [6, 6.07) is 0. The largest absolute Gasteiger partial charge is 0.434 e. The fraction of sp³-hybridized carbons (Fsp3) is 0.944. The lowest BCUT2D eigenvalue weighted by Gasteiger charge is -2.42. The van der Waals surface area contributed by atoms with Crippen molar-refractivity contribution < 1.29 is 33.3 Å². The highest BCUT2D eigenvalue weighted by molar-refractivity contribution is 9.10. The fourth-order valence-corrected chi connectivity index (χ4v) is 12.2. The molecule has 7 nitrogen and oxygen atoms in total. The van der Waals surface area contributed by atoms with Gasteiger partial charge in [0.1, 0.15) is 11.0 Å². The van der Waals surface area contributed by atoms with Crippen LogP contribution in [0.25, 0.3) is 0 Å². The molecule has 0 radical (unpaired) electrons. The second kappa shape index (κ2) is 11.2. The first kappa shape index (κ1) is 31.9. The predicted octanol–water partition coefficient (Wildman–Crippen LogP) is 7.42. The molecule has 7 rings (SSSR count). The molecule has 8 heteroatoms. The zero-order valence-corrected chi connectivity index (χ0v) is 29.5. The molecule has 7 fully saturated rings. The summed E-state index contributed by atoms with van der Waals surface area (Å²) in [6.45, 7) is 15.9. The maximum absolute atomic E-state index is 14.5. The van der Waals surface area contributed by atoms with Crippen LogP contribution in [-0.2, 0) is 33.3 Å². The summed E-state index contributed by atoms with van der Waals surface area (Å²) in [6.07, 6.45) is 8.60. The second-order valence-corrected chi connectivity index (χ2v) is 18.2. The van der Waals surface area contributed by atoms with Crippen LogP contribution in [0.3, 0.4) is 0 Å². The number of carbonyl (C=O) groups is 2. The van der Waals surface area contributed by atoms with Crippen LogP contribution in [-0.4, -0.2) is 52.8 Å². The van der Waals surface area contributed by atoms with Gasteiger partial charge in [0.15, 0.2) is 4.32 Å². The van der Waals surface area contributed by atoms with Crippen molar-refractivity contribution in [2.24, 2.45) is 58.7 Å². The standard InChI is InChI=1S/C36H55BrO7/c1-18(2)24-12-9-21(6)15-27(24)40-30-29-35(36(29,37)32(39)42-30)31(38)43-33(41-28-16-22(7)10-13-25(28)19(3)4)34(35)17-23-11-8-20(5)14-26(23)44-34/h18-30,33H,8-17H2,1-7H3/t20-,21-,22-,23+,24+,25+,26-,27-,28-,29-,30-,33-,34+,35+,36-/m1/s1. The van der Waals surface area contributed by atoms with Gasteiger partial charge in [0.25, 0.3) is 0 Å². The Labute approximate surface area is 272 Å². The van der Waals surface area contributed by atoms with Gasteiger partial charge in [-0.1, -0.05) is 83.7 Å². The SMILES string of the molecule is CC(C)[C@@H]1CC[C@@H](C)C[C@H]1O[C@@H]1OC(=O)[C@]2(Br)[C@H]1[C@@]21C(=O)O[C@@H](O[C@@H]2C[C@H](C)CC[C@H]2C(C)C)[C@@]12C[C@@H]1CC[C@@H](C)C[C@H]1O2. The molecule has 3 aliphatic heterocycles. The minimum absolute atomic E-state index is 0.0203. The molecule has 0 aromatic carbocycles. The van der Waals surface area contributed by atoms with Crippen molar-refractivity contribution in [3.8, 4) is 0 Å². The molecule has 0 unspecified atom stereocenters. The van der Waals surface area contributed by atoms with Crippen LogP contribution >= 0.6 is 15.9 Å². The first-order chi connectivity index (χ1) is 20.8. The number of halogens is 1. The average Bonchev–Trinajstić information content (AvgIpc) is 3.10. The molecule has 3 heterocycles. The van der Waals surface area contributed by atoms with Crippen LogP contribution in [0.1, 0.15) is 113 Å². The molecule has 7 aliphatic rings. The fourth-order valence-electron chi connectivity index (χ4n) is 10.9. The van der Waals surface area contributed by atoms with Crippen molar-refractivity contribution in [3.63, 3.8) is 0 Å². The molecule has 15 atom stereocenters. The van der Waals surface area contributed by atoms with Crippen LogP contribution in [0.2, 0.25) is 0 Å². The molecular weight excluding hydrogens is 624 g/mol. The molecule has 4 saturated carbocycles. The van der Waals surface area contributed by atoms with Gasteiger partial charge < -0.3 is 23.7 Å². The smallest absolute Gasteiger partial charge is 0.327 e. The minimum atomic E-state index is -1.23. The van der Waals surface area contributed by atoms with Crippen LogP contribution < -0.4 is 0 Å². The van der Waals surface area contributed by atoms with E-state index < -0.39 is 39.8 Å². The lowest BCUT2D eigenvalue weighted by atomic mass is 9.73. The van der Waals surface area contributed by atoms with Crippen LogP contribution in [0.4, 0.5) is 0 Å². The Bertz CT molecular complexity index is 1140. The number of carbonyl (C=O) groups excluding carboxylic acids is 2. The summed E-state index contributed by atoms with van der Waals surface area (Å²) in [5.41, 5.74) is -2.29. The Morgan fingerprint density at radius 1 is 0.750 bits per heavy atom. The molecule has 0 amide bonds. The minimum Gasteiger partial charge on any atom is -0.434 e. The highest BCUT2D eigenvalue weighted by Gasteiger charge is 3.01. The van der Waals surface area contributed by atoms with Gasteiger partial charge >= 0.3 is 11.9 Å². The summed E-state index contributed by atoms with van der Waals surface area (Å²) in [7, 11) is 0. The Hall–Kier alpha value is -0.700. The molecule has 3 saturated heterocycles. The molecule has 0 aromatic heterocycles. The summed E-state index contributed by atoms with van der Waals surface area (Å²) < 4.78 is 32.2. The van der Waals surface area contributed by atoms with E-state index >= 15 is 0 Å². The van der Waals surface area contributed by atoms with Gasteiger partial charge in [-0.05, 0) is 92.3 Å². The Balaban J connectivity index is 1.25. The van der Waals surface area contributed by atoms with Crippen LogP contribution in [0.15, 0.2) is 0 Å². The first-order valence-electron chi connectivity index (χ1n) is 17.9. The van der Waals surface area contributed by atoms with Crippen molar-refractivity contribution in [3.05, 3.63) is 0 Å². The van der Waals surface area contributed by atoms with Gasteiger partial charge in [-0.25, -0.2) is 0 Å². The number of ether oxygens (including phenoxy) is 5. The van der Waals surface area contributed by atoms with Crippen molar-refractivity contribution in [2.45, 2.75) is 153 Å². The normalized spacial score (nSPS) is 53.3. The van der Waals surface area contributed by atoms with Gasteiger partial charge in [-0.15, -0.1) is 0 Å². The van der Waals surface area contributed by atoms with E-state index in [1.165, 1.54) is 12.8 Å². The molecule has 44 heavy (non-hydrogen) atoms. The summed E-state index contributed by atoms with van der Waals surface area (Å²) in [4.78, 5) is 28.4. The van der Waals surface area contributed by atoms with E-state index in [0.29, 0.717) is 53.8 Å². The predicted molar refractivity (Wildman–Crippen MR) is 168 cm³/mol. The third kappa shape index (κ3) is 4.48. The number of rotatable bonds is 6. The summed E-state index contributed by atoms with van der Waals surface area (Å²) >= 11 is 3.87. The molecule has 2 spiro atoms. The third-order valence-corrected chi connectivity index (χ3v) is 14.9. The van der Waals surface area contributed by atoms with Gasteiger partial charge in [0.05, 0.1) is 24.2 Å². The van der Waals surface area contributed by atoms with Crippen molar-refractivity contribution >= 4 is 27.9 Å². The quantitative estimate of drug-likeness (QED) is 0.214. The maximum atomic E-state index is 14.5. The van der Waals surface area contributed by atoms with E-state index in [1.807, 2.05) is 0 Å². The van der Waals surface area contributed by atoms with Crippen LogP contribution in [0, 0.1) is 58.7 Å². The maximum Gasteiger partial charge on any atom is 0.327 e. The number of cyclic esters (lactones) is 2. The lowest BCUT2D eigenvalue weighted by molar-refractivity contribution is -0.252. The van der Waals surface area contributed by atoms with Gasteiger partial charge in [0.2, 0.25) is 12.6 Å². The van der Waals surface area contributed by atoms with Crippen LogP contribution in [0.5, 0.6) is 0 Å². The van der Waals surface area contributed by atoms with E-state index in [1.54, 1.807) is 0 Å². The zero-order chi connectivity index (χ0) is 31.3. The Morgan fingerprint density at radius 2 is 1.32 bits per heavy atom. The highest BCUT2D eigenvalue weighted by atomic mass is 79.9. The van der Waals surface area contributed by atoms with E-state index in [4.69, 9.17) is 23.7 Å². The van der Waals surface area contributed by atoms with Crippen molar-refractivity contribution in [2.75, 3.05) is 0 Å². The average molecular weight is 680 g/mol. The number of hydrogen-bond acceptors (Lipinski definition) is 7. The van der Waals surface area contributed by atoms with E-state index in [0.717, 1.165) is 44.9 Å². The number of fused-ring (bicyclic) bond motifs is 5. The Morgan fingerprint density at radius 3 is 1.93 bits per heavy atom. The third-order valence-electron chi connectivity index (χ3n) is 13.4. The Kier molecular flexibility index (Phi) is 8.11. The second-order valence-electron chi connectivity index (χ2n) is 16.9. The van der Waals surface area contributed by atoms with Crippen molar-refractivity contribution in [1.82, 2.24) is 0 Å². The number of esters is 2. The zero-order valence-electron chi connectivity index (χ0n) is 27.9. The van der Waals surface area contributed by atoms with E-state index in [-0.39, 0.29) is 24.3 Å². The molecule has 248 valence electrons. The van der Waals surface area contributed by atoms with Gasteiger partial charge in [0, 0.05) is 0 Å². The molecule has 0 aromatic rings. The highest BCUT2D eigenvalue weighted by Crippen LogP contribution is 2.83. The summed E-state index contributed by atoms with van der Waals surface area (Å²) in [5.74, 6) is 2.34. The van der Waals surface area contributed by atoms with Crippen molar-refractivity contribution in [1.29, 1.82) is 0 Å².